The first-order valence-electron chi connectivity index (χ1n) is 1.07. The van der Waals surface area contributed by atoms with Crippen molar-refractivity contribution in [2.45, 2.75) is 0 Å². The van der Waals surface area contributed by atoms with Crippen LogP contribution in [-0.4, -0.2) is 11.9 Å². The minimum atomic E-state index is -2.19. The molecule has 0 aliphatic rings. The maximum atomic E-state index is 8.93. The molecule has 0 spiro atoms. The fourth-order valence-electron chi connectivity index (χ4n) is 0. The summed E-state index contributed by atoms with van der Waals surface area (Å²) in [6, 6.07) is 0. The van der Waals surface area contributed by atoms with Crippen LogP contribution in [0.5, 0.6) is 0 Å². The van der Waals surface area contributed by atoms with Crippen molar-refractivity contribution in [2.24, 2.45) is 0 Å². The smallest absolute Gasteiger partial charge is 0.543 e. The number of rotatable bonds is 0. The van der Waals surface area contributed by atoms with Gasteiger partial charge in [-0.1, -0.05) is 0 Å². The molecule has 8 heavy (non-hydrogen) atoms. The van der Waals surface area contributed by atoms with Crippen LogP contribution < -0.4 is 10.2 Å². The molecule has 0 saturated heterocycles. The second-order valence-corrected chi connectivity index (χ2v) is 0.575. The van der Waals surface area contributed by atoms with E-state index >= 15 is 0 Å². The predicted octanol–water partition coefficient (Wildman–Crippen LogP) is -3.52. The molecule has 52 valence electrons. The van der Waals surface area contributed by atoms with Crippen LogP contribution >= 0.6 is 0 Å². The van der Waals surface area contributed by atoms with Gasteiger partial charge in [0.05, 0.1) is 11.9 Å². The van der Waals surface area contributed by atoms with Crippen molar-refractivity contribution in [3.63, 3.8) is 0 Å². The van der Waals surface area contributed by atoms with Crippen LogP contribution in [0, 0.1) is 0 Å². The molecule has 6 heteroatoms. The van der Waals surface area contributed by atoms with Gasteiger partial charge in [0.15, 0.2) is 0 Å². The molecule has 0 atom stereocenters. The van der Waals surface area contributed by atoms with Crippen LogP contribution in [0.3, 0.4) is 0 Å². The Bertz CT molecular complexity index is 80.0. The molecule has 0 amide bonds. The Labute approximate surface area is 52.8 Å². The van der Waals surface area contributed by atoms with Crippen LogP contribution in [0.15, 0.2) is 0 Å². The number of carboxylic acids is 2. The van der Waals surface area contributed by atoms with E-state index in [0.29, 0.717) is 0 Å². The third kappa shape index (κ3) is 8.82. The Morgan fingerprint density at radius 3 is 1.12 bits per heavy atom. The van der Waals surface area contributed by atoms with E-state index in [0.717, 1.165) is 0 Å². The number of carbonyl (C=O) groups is 2. The van der Waals surface area contributed by atoms with Crippen LogP contribution in [-0.2, 0) is 30.0 Å². The number of hydrogen-bond acceptors (Lipinski definition) is 4. The monoisotopic (exact) mass is 443 g/mol. The molecule has 0 fully saturated rings. The Morgan fingerprint density at radius 2 is 1.12 bits per heavy atom. The topological polar surface area (TPSA) is 80.3 Å². The van der Waals surface area contributed by atoms with Gasteiger partial charge in [-0.3, -0.25) is 0 Å². The third-order valence-electron chi connectivity index (χ3n) is 0.167. The van der Waals surface area contributed by atoms with Gasteiger partial charge in [-0.2, -0.15) is 0 Å². The van der Waals surface area contributed by atoms with E-state index in [9.17, 15) is 0 Å². The normalized spacial score (nSPS) is 5.50. The SMILES string of the molecule is O=C([O-])C(=O)[O-].[Cf].[Pd+2]. The molecule has 0 aromatic heterocycles. The Kier molecular flexibility index (Phi) is 11.2. The second kappa shape index (κ2) is 5.60. The summed E-state index contributed by atoms with van der Waals surface area (Å²) >= 11 is 0. The van der Waals surface area contributed by atoms with Crippen LogP contribution in [0.1, 0.15) is 0 Å². The van der Waals surface area contributed by atoms with E-state index in [2.05, 4.69) is 0 Å². The zero-order valence-electron chi connectivity index (χ0n) is 3.27. The maximum absolute atomic E-state index is 8.93. The van der Waals surface area contributed by atoms with Gasteiger partial charge in [0.2, 0.25) is 0 Å². The fourth-order valence-corrected chi connectivity index (χ4v) is 0. The summed E-state index contributed by atoms with van der Waals surface area (Å²) in [6.07, 6.45) is 0. The van der Waals surface area contributed by atoms with Crippen LogP contribution in [0.4, 0.5) is 0 Å². The second-order valence-electron chi connectivity index (χ2n) is 0.575. The predicted molar refractivity (Wildman–Crippen MR) is 10.0 cm³/mol. The van der Waals surface area contributed by atoms with Gasteiger partial charge in [-0.25, -0.2) is 0 Å². The molecule has 0 bridgehead atoms. The Morgan fingerprint density at radius 1 is 1.00 bits per heavy atom. The number of carboxylic acid groups (broad SMARTS) is 2. The Hall–Kier alpha value is -1.40. The quantitative estimate of drug-likeness (QED) is 0.286. The van der Waals surface area contributed by atoms with E-state index in [4.69, 9.17) is 19.8 Å². The third-order valence-corrected chi connectivity index (χ3v) is 0.167. The van der Waals surface area contributed by atoms with Crippen LogP contribution in [0.25, 0.3) is 0 Å². The van der Waals surface area contributed by atoms with E-state index in [1.165, 1.54) is 0 Å². The van der Waals surface area contributed by atoms with Gasteiger partial charge in [0.25, 0.3) is 0 Å². The fraction of sp³-hybridized carbons (Fsp3) is 0. The molecule has 0 unspecified atom stereocenters. The minimum Gasteiger partial charge on any atom is -0.543 e. The van der Waals surface area contributed by atoms with Gasteiger partial charge >= 0.3 is 20.4 Å². The summed E-state index contributed by atoms with van der Waals surface area (Å²) in [4.78, 5) is 17.9. The summed E-state index contributed by atoms with van der Waals surface area (Å²) in [5, 5.41) is 17.9. The molecule has 0 N–H and O–H groups in total. The van der Waals surface area contributed by atoms with E-state index in [1.54, 1.807) is 0 Å². The molecule has 0 heterocycles. The molecular weight excluding hydrogens is 445 g/mol. The molecule has 0 rings (SSSR count). The number of carbonyl (C=O) groups excluding carboxylic acids is 2. The van der Waals surface area contributed by atoms with Gasteiger partial charge in [0, 0.05) is 0 Å². The summed E-state index contributed by atoms with van der Waals surface area (Å²) < 4.78 is 0. The van der Waals surface area contributed by atoms with Gasteiger partial charge < -0.3 is 19.8 Å². The van der Waals surface area contributed by atoms with Crippen molar-refractivity contribution in [1.29, 1.82) is 0 Å². The van der Waals surface area contributed by atoms with E-state index in [1.807, 2.05) is 0 Å². The zero-order chi connectivity index (χ0) is 5.15. The first-order valence-corrected chi connectivity index (χ1v) is 1.07. The van der Waals surface area contributed by atoms with Crippen molar-refractivity contribution < 1.29 is 40.2 Å². The van der Waals surface area contributed by atoms with Gasteiger partial charge in [-0.05, 0) is 0 Å². The molecule has 0 aliphatic carbocycles. The summed E-state index contributed by atoms with van der Waals surface area (Å²) in [6.45, 7) is 0. The van der Waals surface area contributed by atoms with E-state index < -0.39 is 11.9 Å². The Balaban J connectivity index is -0.000000125. The summed E-state index contributed by atoms with van der Waals surface area (Å²) in [7, 11) is 0. The zero-order valence-corrected chi connectivity index (χ0v) is 7.45. The van der Waals surface area contributed by atoms with Crippen molar-refractivity contribution in [1.82, 2.24) is 0 Å². The molecular formula is C2CfO4Pd. The summed E-state index contributed by atoms with van der Waals surface area (Å²) in [5.41, 5.74) is 0. The molecule has 0 aromatic rings. The molecule has 0 aliphatic heterocycles. The standard InChI is InChI=1S/C2H2O4.Cf.Pd/c3-1(4)2(5)6;;/h(H,3,4)(H,5,6);;/q;;+2/p-2. The minimum absolute atomic E-state index is 0. The van der Waals surface area contributed by atoms with Crippen molar-refractivity contribution in [2.75, 3.05) is 0 Å². The molecule has 0 radical (unpaired) electrons. The molecule has 0 saturated carbocycles. The molecule has 0 aromatic carbocycles. The largest absolute Gasteiger partial charge is 2.00 e. The van der Waals surface area contributed by atoms with Gasteiger partial charge in [-0.15, -0.1) is 0 Å². The number of hydrogen-bond donors (Lipinski definition) is 0. The molecule has 4 nitrogen and oxygen atoms in total. The average Bonchev–Trinajstić information content (AvgIpc) is 1.36. The van der Waals surface area contributed by atoms with Gasteiger partial charge in [0.1, 0.15) is 0 Å². The maximum Gasteiger partial charge on any atom is 2.00 e. The first-order chi connectivity index (χ1) is 2.64. The average molecular weight is 445 g/mol. The van der Waals surface area contributed by atoms with E-state index in [-0.39, 0.29) is 20.4 Å². The van der Waals surface area contributed by atoms with Crippen molar-refractivity contribution in [3.05, 3.63) is 0 Å². The first kappa shape index (κ1) is 16.0. The summed E-state index contributed by atoms with van der Waals surface area (Å²) in [5.74, 6) is -4.37. The van der Waals surface area contributed by atoms with Crippen molar-refractivity contribution >= 4 is 11.9 Å². The van der Waals surface area contributed by atoms with Crippen molar-refractivity contribution in [3.8, 4) is 0 Å². The van der Waals surface area contributed by atoms with Crippen LogP contribution in [0.2, 0.25) is 0 Å². The number of aliphatic carboxylic acids is 2.